The second kappa shape index (κ2) is 19.6. The maximum Gasteiger partial charge on any atom is 0.140 e. The second-order valence-corrected chi connectivity index (χ2v) is 8.78. The first-order chi connectivity index (χ1) is 17.1. The number of rotatable bonds is 9. The molecular formula is C31H50F2N2O. The molecule has 0 spiro atoms. The number of ketones is 1. The quantitative estimate of drug-likeness (QED) is 0.264. The lowest BCUT2D eigenvalue weighted by atomic mass is 9.70. The van der Waals surface area contributed by atoms with Crippen LogP contribution in [0.3, 0.4) is 0 Å². The normalized spacial score (nSPS) is 11.0. The number of carbonyl (C=O) groups is 1. The van der Waals surface area contributed by atoms with Crippen molar-refractivity contribution in [1.29, 1.82) is 5.41 Å². The van der Waals surface area contributed by atoms with E-state index in [1.54, 1.807) is 0 Å². The van der Waals surface area contributed by atoms with Gasteiger partial charge in [-0.1, -0.05) is 98.9 Å². The molecule has 1 unspecified atom stereocenters. The molecule has 0 heterocycles. The summed E-state index contributed by atoms with van der Waals surface area (Å²) in [5.74, 6) is -0.991. The molecule has 2 aromatic carbocycles. The fraction of sp³-hybridized carbons (Fsp3) is 0.548. The van der Waals surface area contributed by atoms with Crippen molar-refractivity contribution in [1.82, 2.24) is 0 Å². The topological polar surface area (TPSA) is 66.9 Å². The van der Waals surface area contributed by atoms with E-state index in [1.807, 2.05) is 52.0 Å². The standard InChI is InChI=1S/C15H20F2O.C11H16N2.C3H8.C2H6/c1-4-8-15(9-5-2,11(3)18)13-7-6-12(16)10-14(13)17;1-3-8(2)11(13)9-6-4-5-7-10(9)12;1-3-2;1-2/h6-7,10H,4-5,8-9H2,1-3H3;4-8,13H,3,12H2,1-2H3;3H2,1-2H3;1-2H3. The Bertz CT molecular complexity index is 890. The highest BCUT2D eigenvalue weighted by Crippen LogP contribution is 2.37. The van der Waals surface area contributed by atoms with Gasteiger partial charge in [-0.3, -0.25) is 4.79 Å². The van der Waals surface area contributed by atoms with E-state index in [0.29, 0.717) is 29.8 Å². The minimum absolute atomic E-state index is 0.0447. The van der Waals surface area contributed by atoms with Crippen LogP contribution in [-0.2, 0) is 10.2 Å². The fourth-order valence-electron chi connectivity index (χ4n) is 3.88. The van der Waals surface area contributed by atoms with E-state index in [0.717, 1.165) is 30.9 Å². The molecule has 0 radical (unpaired) electrons. The molecule has 3 nitrogen and oxygen atoms in total. The Balaban J connectivity index is 0. The Kier molecular flexibility index (Phi) is 19.4. The van der Waals surface area contributed by atoms with Crippen LogP contribution < -0.4 is 5.73 Å². The Morgan fingerprint density at radius 1 is 0.972 bits per heavy atom. The first kappa shape index (κ1) is 35.6. The van der Waals surface area contributed by atoms with Crippen molar-refractivity contribution in [2.45, 2.75) is 106 Å². The second-order valence-electron chi connectivity index (χ2n) is 8.78. The van der Waals surface area contributed by atoms with Crippen LogP contribution in [0.5, 0.6) is 0 Å². The number of carbonyl (C=O) groups excluding carboxylic acids is 1. The number of nitrogen functional groups attached to an aromatic ring is 1. The van der Waals surface area contributed by atoms with Crippen LogP contribution in [0.2, 0.25) is 0 Å². The zero-order valence-electron chi connectivity index (χ0n) is 24.1. The van der Waals surface area contributed by atoms with Gasteiger partial charge in [-0.25, -0.2) is 8.78 Å². The third-order valence-corrected chi connectivity index (χ3v) is 5.83. The molecule has 0 aromatic heterocycles. The van der Waals surface area contributed by atoms with Gasteiger partial charge < -0.3 is 11.1 Å². The van der Waals surface area contributed by atoms with Gasteiger partial charge in [-0.05, 0) is 44.2 Å². The Labute approximate surface area is 219 Å². The van der Waals surface area contributed by atoms with Crippen molar-refractivity contribution < 1.29 is 13.6 Å². The van der Waals surface area contributed by atoms with Gasteiger partial charge >= 0.3 is 0 Å². The van der Waals surface area contributed by atoms with Gasteiger partial charge in [-0.15, -0.1) is 0 Å². The average Bonchev–Trinajstić information content (AvgIpc) is 2.85. The Hall–Kier alpha value is -2.56. The van der Waals surface area contributed by atoms with Crippen molar-refractivity contribution >= 4 is 17.2 Å². The van der Waals surface area contributed by atoms with Gasteiger partial charge in [0.2, 0.25) is 0 Å². The number of anilines is 1. The van der Waals surface area contributed by atoms with Crippen molar-refractivity contribution in [3.05, 3.63) is 65.2 Å². The van der Waals surface area contributed by atoms with Gasteiger partial charge in [0.25, 0.3) is 0 Å². The number of nitrogens with one attached hydrogen (secondary N) is 1. The van der Waals surface area contributed by atoms with Crippen LogP contribution in [0.1, 0.15) is 112 Å². The molecule has 3 N–H and O–H groups in total. The lowest BCUT2D eigenvalue weighted by Crippen LogP contribution is -2.35. The fourth-order valence-corrected chi connectivity index (χ4v) is 3.88. The minimum Gasteiger partial charge on any atom is -0.398 e. The Morgan fingerprint density at radius 3 is 1.86 bits per heavy atom. The van der Waals surface area contributed by atoms with Gasteiger partial charge in [-0.2, -0.15) is 0 Å². The summed E-state index contributed by atoms with van der Waals surface area (Å²) in [7, 11) is 0. The average molecular weight is 505 g/mol. The van der Waals surface area contributed by atoms with Crippen LogP contribution in [-0.4, -0.2) is 11.5 Å². The number of Topliss-reactive ketones (excluding diaryl/α,β-unsaturated/α-hetero) is 1. The minimum atomic E-state index is -0.804. The summed E-state index contributed by atoms with van der Waals surface area (Å²) in [4.78, 5) is 12.0. The largest absolute Gasteiger partial charge is 0.398 e. The monoisotopic (exact) mass is 504 g/mol. The number of para-hydroxylation sites is 1. The summed E-state index contributed by atoms with van der Waals surface area (Å²) >= 11 is 0. The number of hydrogen-bond acceptors (Lipinski definition) is 3. The number of hydrogen-bond donors (Lipinski definition) is 2. The molecule has 2 rings (SSSR count). The molecule has 0 aliphatic rings. The van der Waals surface area contributed by atoms with E-state index >= 15 is 0 Å². The molecule has 0 bridgehead atoms. The lowest BCUT2D eigenvalue weighted by molar-refractivity contribution is -0.123. The molecular weight excluding hydrogens is 454 g/mol. The molecule has 5 heteroatoms. The van der Waals surface area contributed by atoms with Gasteiger partial charge in [0, 0.05) is 28.6 Å². The molecule has 0 fully saturated rings. The maximum absolute atomic E-state index is 14.0. The van der Waals surface area contributed by atoms with Crippen LogP contribution in [0.25, 0.3) is 0 Å². The smallest absolute Gasteiger partial charge is 0.140 e. The maximum atomic E-state index is 14.0. The van der Waals surface area contributed by atoms with E-state index in [-0.39, 0.29) is 11.7 Å². The van der Waals surface area contributed by atoms with Crippen LogP contribution >= 0.6 is 0 Å². The molecule has 36 heavy (non-hydrogen) atoms. The summed E-state index contributed by atoms with van der Waals surface area (Å²) < 4.78 is 26.9. The highest BCUT2D eigenvalue weighted by atomic mass is 19.1. The molecule has 204 valence electrons. The van der Waals surface area contributed by atoms with Crippen molar-refractivity contribution in [2.75, 3.05) is 5.73 Å². The molecule has 0 aliphatic heterocycles. The van der Waals surface area contributed by atoms with Crippen molar-refractivity contribution in [3.63, 3.8) is 0 Å². The predicted molar refractivity (Wildman–Crippen MR) is 153 cm³/mol. The van der Waals surface area contributed by atoms with E-state index in [4.69, 9.17) is 11.1 Å². The van der Waals surface area contributed by atoms with E-state index < -0.39 is 17.0 Å². The van der Waals surface area contributed by atoms with Gasteiger partial charge in [0.1, 0.15) is 17.4 Å². The molecule has 0 saturated carbocycles. The first-order valence-corrected chi connectivity index (χ1v) is 13.5. The molecule has 0 saturated heterocycles. The molecule has 0 amide bonds. The summed E-state index contributed by atoms with van der Waals surface area (Å²) in [5, 5.41) is 7.90. The van der Waals surface area contributed by atoms with Crippen LogP contribution in [0.15, 0.2) is 42.5 Å². The van der Waals surface area contributed by atoms with E-state index in [2.05, 4.69) is 27.7 Å². The number of benzene rings is 2. The van der Waals surface area contributed by atoms with E-state index in [9.17, 15) is 13.6 Å². The molecule has 0 aliphatic carbocycles. The molecule has 2 aromatic rings. The van der Waals surface area contributed by atoms with E-state index in [1.165, 1.54) is 25.5 Å². The zero-order valence-corrected chi connectivity index (χ0v) is 24.1. The summed E-state index contributed by atoms with van der Waals surface area (Å²) in [5.41, 5.74) is 7.52. The summed E-state index contributed by atoms with van der Waals surface area (Å²) in [6.45, 7) is 17.8. The van der Waals surface area contributed by atoms with Crippen LogP contribution in [0, 0.1) is 23.0 Å². The summed E-state index contributed by atoms with van der Waals surface area (Å²) in [6.07, 6.45) is 5.00. The van der Waals surface area contributed by atoms with Crippen molar-refractivity contribution in [3.8, 4) is 0 Å². The third kappa shape index (κ3) is 11.0. The van der Waals surface area contributed by atoms with Gasteiger partial charge in [0.15, 0.2) is 0 Å². The predicted octanol–water partition coefficient (Wildman–Crippen LogP) is 9.52. The number of halogens is 2. The lowest BCUT2D eigenvalue weighted by Gasteiger charge is -2.31. The molecule has 1 atom stereocenters. The third-order valence-electron chi connectivity index (χ3n) is 5.83. The van der Waals surface area contributed by atoms with Gasteiger partial charge in [0.05, 0.1) is 5.41 Å². The SMILES string of the molecule is CC.CCC.CCC(C)C(=N)c1ccccc1N.CCCC(CCC)(C(C)=O)c1ccc(F)cc1F. The summed E-state index contributed by atoms with van der Waals surface area (Å²) in [6, 6.07) is 11.1. The zero-order chi connectivity index (χ0) is 28.3. The first-order valence-electron chi connectivity index (χ1n) is 13.5. The highest BCUT2D eigenvalue weighted by molar-refractivity contribution is 6.03. The number of nitrogens with two attached hydrogens (primary N) is 1. The van der Waals surface area contributed by atoms with Crippen molar-refractivity contribution in [2.24, 2.45) is 5.92 Å². The highest BCUT2D eigenvalue weighted by Gasteiger charge is 2.37. The Morgan fingerprint density at radius 2 is 1.47 bits per heavy atom. The van der Waals surface area contributed by atoms with Crippen LogP contribution in [0.4, 0.5) is 14.5 Å².